The molecule has 5 aromatic carbocycles. The highest BCUT2D eigenvalue weighted by Gasteiger charge is 2.18. The van der Waals surface area contributed by atoms with Crippen LogP contribution in [0.3, 0.4) is 0 Å². The second-order valence-electron chi connectivity index (χ2n) is 10.4. The van der Waals surface area contributed by atoms with Crippen molar-refractivity contribution in [3.8, 4) is 16.9 Å². The van der Waals surface area contributed by atoms with Gasteiger partial charge in [-0.3, -0.25) is 9.59 Å². The average molecular weight is 571 g/mol. The van der Waals surface area contributed by atoms with Crippen LogP contribution < -0.4 is 15.0 Å². The molecule has 0 bridgehead atoms. The molecule has 6 nitrogen and oxygen atoms in total. The first-order valence-electron chi connectivity index (χ1n) is 14.2. The molecule has 216 valence electrons. The Kier molecular flexibility index (Phi) is 9.29. The van der Waals surface area contributed by atoms with E-state index in [2.05, 4.69) is 5.32 Å². The molecule has 0 saturated heterocycles. The van der Waals surface area contributed by atoms with Crippen molar-refractivity contribution < 1.29 is 19.4 Å². The number of aliphatic hydroxyl groups is 1. The fourth-order valence-corrected chi connectivity index (χ4v) is 4.81. The van der Waals surface area contributed by atoms with Gasteiger partial charge in [0.05, 0.1) is 5.69 Å². The fourth-order valence-electron chi connectivity index (χ4n) is 4.81. The van der Waals surface area contributed by atoms with Crippen LogP contribution in [0.1, 0.15) is 37.4 Å². The molecular weight excluding hydrogens is 536 g/mol. The van der Waals surface area contributed by atoms with E-state index in [-0.39, 0.29) is 18.4 Å². The predicted molar refractivity (Wildman–Crippen MR) is 172 cm³/mol. The summed E-state index contributed by atoms with van der Waals surface area (Å²) >= 11 is 0. The minimum Gasteiger partial charge on any atom is -0.487 e. The molecule has 0 heterocycles. The zero-order valence-electron chi connectivity index (χ0n) is 24.3. The molecule has 0 atom stereocenters. The van der Waals surface area contributed by atoms with E-state index in [0.29, 0.717) is 41.3 Å². The third-order valence-corrected chi connectivity index (χ3v) is 7.27. The highest BCUT2D eigenvalue weighted by Crippen LogP contribution is 2.30. The number of aryl methyl sites for hydroxylation is 1. The number of para-hydroxylation sites is 2. The Balaban J connectivity index is 1.25. The van der Waals surface area contributed by atoms with Crippen molar-refractivity contribution >= 4 is 23.2 Å². The van der Waals surface area contributed by atoms with Gasteiger partial charge in [-0.15, -0.1) is 0 Å². The van der Waals surface area contributed by atoms with Gasteiger partial charge in [0.15, 0.2) is 0 Å². The Hall–Kier alpha value is -5.20. The second-order valence-corrected chi connectivity index (χ2v) is 10.4. The summed E-state index contributed by atoms with van der Waals surface area (Å²) in [5, 5.41) is 12.1. The number of carbonyl (C=O) groups excluding carboxylic acids is 2. The third-order valence-electron chi connectivity index (χ3n) is 7.27. The molecule has 0 aliphatic carbocycles. The molecule has 2 amide bonds. The number of hydrogen-bond acceptors (Lipinski definition) is 4. The number of rotatable bonds is 10. The van der Waals surface area contributed by atoms with Crippen LogP contribution in [0.2, 0.25) is 0 Å². The maximum absolute atomic E-state index is 13.4. The lowest BCUT2D eigenvalue weighted by atomic mass is 9.98. The van der Waals surface area contributed by atoms with Crippen molar-refractivity contribution in [2.75, 3.05) is 23.9 Å². The molecule has 6 heteroatoms. The normalized spacial score (nSPS) is 10.7. The number of anilines is 2. The summed E-state index contributed by atoms with van der Waals surface area (Å²) in [4.78, 5) is 28.2. The van der Waals surface area contributed by atoms with Crippen LogP contribution in [0.4, 0.5) is 11.4 Å². The van der Waals surface area contributed by atoms with Crippen molar-refractivity contribution in [2.45, 2.75) is 20.0 Å². The lowest BCUT2D eigenvalue weighted by molar-refractivity contribution is 0.0990. The molecule has 0 aliphatic heterocycles. The van der Waals surface area contributed by atoms with E-state index in [0.717, 1.165) is 27.8 Å². The summed E-state index contributed by atoms with van der Waals surface area (Å²) in [7, 11) is 1.71. The minimum absolute atomic E-state index is 0.115. The van der Waals surface area contributed by atoms with Crippen molar-refractivity contribution in [3.05, 3.63) is 149 Å². The maximum atomic E-state index is 13.4. The number of hydrogen-bond donors (Lipinski definition) is 2. The Bertz CT molecular complexity index is 1690. The van der Waals surface area contributed by atoms with Gasteiger partial charge >= 0.3 is 0 Å². The standard InChI is InChI=1S/C37H34N2O4/c1-26-11-17-29(18-12-26)32-7-3-4-8-33(32)36(41)38-31-21-19-30(20-22-31)37(42)39(2)34-9-5-6-10-35(34)43-25-28-15-13-27(14-16-28)23-24-40/h3-22,40H,23-25H2,1-2H3,(H,38,41). The molecule has 0 aromatic heterocycles. The van der Waals surface area contributed by atoms with Crippen LogP contribution in [0.25, 0.3) is 11.1 Å². The number of nitrogens with one attached hydrogen (secondary N) is 1. The molecule has 0 saturated carbocycles. The predicted octanol–water partition coefficient (Wildman–Crippen LogP) is 7.30. The smallest absolute Gasteiger partial charge is 0.258 e. The Morgan fingerprint density at radius 3 is 2.14 bits per heavy atom. The summed E-state index contributed by atoms with van der Waals surface area (Å²) in [6.45, 7) is 2.49. The summed E-state index contributed by atoms with van der Waals surface area (Å²) in [6.07, 6.45) is 0.617. The fraction of sp³-hybridized carbons (Fsp3) is 0.135. The maximum Gasteiger partial charge on any atom is 0.258 e. The third kappa shape index (κ3) is 7.18. The van der Waals surface area contributed by atoms with Crippen LogP contribution in [-0.2, 0) is 13.0 Å². The molecule has 0 aliphatic rings. The van der Waals surface area contributed by atoms with Gasteiger partial charge in [0.1, 0.15) is 12.4 Å². The summed E-state index contributed by atoms with van der Waals surface area (Å²) in [6, 6.07) is 37.8. The van der Waals surface area contributed by atoms with Crippen molar-refractivity contribution in [1.29, 1.82) is 0 Å². The molecule has 0 spiro atoms. The van der Waals surface area contributed by atoms with Gasteiger partial charge in [-0.05, 0) is 78.1 Å². The molecule has 5 aromatic rings. The van der Waals surface area contributed by atoms with E-state index in [1.54, 1.807) is 36.2 Å². The number of ether oxygens (including phenoxy) is 1. The molecule has 5 rings (SSSR count). The lowest BCUT2D eigenvalue weighted by Gasteiger charge is -2.21. The highest BCUT2D eigenvalue weighted by molar-refractivity contribution is 6.09. The first kappa shape index (κ1) is 29.3. The van der Waals surface area contributed by atoms with E-state index >= 15 is 0 Å². The summed E-state index contributed by atoms with van der Waals surface area (Å²) in [5.41, 5.74) is 7.33. The molecule has 0 fully saturated rings. The lowest BCUT2D eigenvalue weighted by Crippen LogP contribution is -2.26. The van der Waals surface area contributed by atoms with E-state index in [4.69, 9.17) is 9.84 Å². The SMILES string of the molecule is Cc1ccc(-c2ccccc2C(=O)Nc2ccc(C(=O)N(C)c3ccccc3OCc3ccc(CCO)cc3)cc2)cc1. The number of carbonyl (C=O) groups is 2. The van der Waals surface area contributed by atoms with E-state index in [1.807, 2.05) is 104 Å². The summed E-state index contributed by atoms with van der Waals surface area (Å²) < 4.78 is 6.09. The van der Waals surface area contributed by atoms with Crippen LogP contribution in [0, 0.1) is 6.92 Å². The first-order valence-corrected chi connectivity index (χ1v) is 14.2. The molecule has 43 heavy (non-hydrogen) atoms. The van der Waals surface area contributed by atoms with Crippen molar-refractivity contribution in [3.63, 3.8) is 0 Å². The Morgan fingerprint density at radius 1 is 0.767 bits per heavy atom. The van der Waals surface area contributed by atoms with Gasteiger partial charge in [0.2, 0.25) is 0 Å². The van der Waals surface area contributed by atoms with E-state index in [9.17, 15) is 9.59 Å². The van der Waals surface area contributed by atoms with E-state index < -0.39 is 0 Å². The van der Waals surface area contributed by atoms with Gasteiger partial charge in [0.25, 0.3) is 11.8 Å². The molecular formula is C37H34N2O4. The largest absolute Gasteiger partial charge is 0.487 e. The summed E-state index contributed by atoms with van der Waals surface area (Å²) in [5.74, 6) is 0.169. The minimum atomic E-state index is -0.221. The number of nitrogens with zero attached hydrogens (tertiary/aromatic N) is 1. The van der Waals surface area contributed by atoms with Crippen molar-refractivity contribution in [1.82, 2.24) is 0 Å². The van der Waals surface area contributed by atoms with Crippen LogP contribution in [-0.4, -0.2) is 30.6 Å². The zero-order chi connectivity index (χ0) is 30.2. The quantitative estimate of drug-likeness (QED) is 0.185. The monoisotopic (exact) mass is 570 g/mol. The van der Waals surface area contributed by atoms with E-state index in [1.165, 1.54) is 0 Å². The average Bonchev–Trinajstić information content (AvgIpc) is 3.05. The van der Waals surface area contributed by atoms with Gasteiger partial charge in [-0.1, -0.05) is 84.4 Å². The van der Waals surface area contributed by atoms with Crippen LogP contribution >= 0.6 is 0 Å². The van der Waals surface area contributed by atoms with Gasteiger partial charge < -0.3 is 20.1 Å². The number of benzene rings is 5. The number of amides is 2. The van der Waals surface area contributed by atoms with Crippen LogP contribution in [0.15, 0.2) is 121 Å². The number of aliphatic hydroxyl groups excluding tert-OH is 1. The Labute approximate surface area is 252 Å². The highest BCUT2D eigenvalue weighted by atomic mass is 16.5. The zero-order valence-corrected chi connectivity index (χ0v) is 24.3. The topological polar surface area (TPSA) is 78.9 Å². The van der Waals surface area contributed by atoms with Gasteiger partial charge in [-0.2, -0.15) is 0 Å². The second kappa shape index (κ2) is 13.6. The molecule has 0 unspecified atom stereocenters. The first-order chi connectivity index (χ1) is 20.9. The van der Waals surface area contributed by atoms with Gasteiger partial charge in [0, 0.05) is 30.5 Å². The molecule has 2 N–H and O–H groups in total. The molecule has 0 radical (unpaired) electrons. The van der Waals surface area contributed by atoms with Crippen molar-refractivity contribution in [2.24, 2.45) is 0 Å². The van der Waals surface area contributed by atoms with Crippen LogP contribution in [0.5, 0.6) is 5.75 Å². The van der Waals surface area contributed by atoms with Gasteiger partial charge in [-0.25, -0.2) is 0 Å². The Morgan fingerprint density at radius 2 is 1.42 bits per heavy atom.